The summed E-state index contributed by atoms with van der Waals surface area (Å²) in [6.45, 7) is 2.79. The van der Waals surface area contributed by atoms with Crippen LogP contribution in [0.3, 0.4) is 0 Å². The molecule has 0 saturated carbocycles. The van der Waals surface area contributed by atoms with Crippen molar-refractivity contribution in [1.29, 1.82) is 0 Å². The maximum atomic E-state index is 12.9. The number of fused-ring (bicyclic) bond motifs is 1. The van der Waals surface area contributed by atoms with Crippen molar-refractivity contribution in [1.82, 2.24) is 19.9 Å². The van der Waals surface area contributed by atoms with Crippen molar-refractivity contribution in [3.8, 4) is 0 Å². The molecule has 1 saturated heterocycles. The molecule has 2 atom stereocenters. The fourth-order valence-electron chi connectivity index (χ4n) is 2.59. The number of aromatic nitrogens is 3. The predicted octanol–water partition coefficient (Wildman–Crippen LogP) is 2.87. The van der Waals surface area contributed by atoms with Gasteiger partial charge in [0.15, 0.2) is 5.65 Å². The zero-order chi connectivity index (χ0) is 14.5. The first-order chi connectivity index (χ1) is 9.38. The molecule has 0 amide bonds. The average molecular weight is 305 g/mol. The van der Waals surface area contributed by atoms with E-state index in [-0.39, 0.29) is 22.6 Å². The van der Waals surface area contributed by atoms with Crippen LogP contribution < -0.4 is 5.32 Å². The second kappa shape index (κ2) is 4.60. The Morgan fingerprint density at radius 2 is 2.15 bits per heavy atom. The lowest BCUT2D eigenvalue weighted by atomic mass is 10.0. The number of nitrogens with zero attached hydrogens (tertiary/aromatic N) is 3. The molecule has 2 aromatic rings. The standard InChI is InChI=1S/C12H12ClF3N4/c1-6-8(2-3-17-6)10-18-19-11-9(13)4-7(5-20(10)11)12(14,15)16/h4-6,8,17H,2-3H2,1H3. The lowest BCUT2D eigenvalue weighted by Crippen LogP contribution is -2.23. The molecule has 0 bridgehead atoms. The molecule has 1 N–H and O–H groups in total. The van der Waals surface area contributed by atoms with Gasteiger partial charge in [-0.15, -0.1) is 10.2 Å². The minimum Gasteiger partial charge on any atom is -0.314 e. The van der Waals surface area contributed by atoms with Gasteiger partial charge in [0.1, 0.15) is 5.82 Å². The molecule has 1 aliphatic rings. The molecule has 1 fully saturated rings. The van der Waals surface area contributed by atoms with Gasteiger partial charge >= 0.3 is 6.18 Å². The number of hydrogen-bond acceptors (Lipinski definition) is 3. The Kier molecular flexibility index (Phi) is 3.13. The van der Waals surface area contributed by atoms with Gasteiger partial charge in [0.05, 0.1) is 10.6 Å². The summed E-state index contributed by atoms with van der Waals surface area (Å²) in [6.07, 6.45) is -2.61. The molecule has 20 heavy (non-hydrogen) atoms. The molecule has 4 nitrogen and oxygen atoms in total. The topological polar surface area (TPSA) is 42.2 Å². The van der Waals surface area contributed by atoms with Crippen LogP contribution in [0.4, 0.5) is 13.2 Å². The first-order valence-corrected chi connectivity index (χ1v) is 6.60. The molecule has 0 radical (unpaired) electrons. The highest BCUT2D eigenvalue weighted by Gasteiger charge is 2.34. The van der Waals surface area contributed by atoms with Gasteiger partial charge in [-0.2, -0.15) is 13.2 Å². The van der Waals surface area contributed by atoms with Crippen LogP contribution in [0.25, 0.3) is 5.65 Å². The maximum absolute atomic E-state index is 12.9. The number of rotatable bonds is 1. The molecule has 8 heteroatoms. The third kappa shape index (κ3) is 2.14. The second-order valence-corrected chi connectivity index (χ2v) is 5.37. The third-order valence-corrected chi connectivity index (χ3v) is 3.95. The van der Waals surface area contributed by atoms with Crippen molar-refractivity contribution in [2.75, 3.05) is 6.54 Å². The normalized spacial score (nSPS) is 23.6. The van der Waals surface area contributed by atoms with Crippen LogP contribution in [-0.4, -0.2) is 27.2 Å². The number of alkyl halides is 3. The van der Waals surface area contributed by atoms with Crippen molar-refractivity contribution < 1.29 is 13.2 Å². The first kappa shape index (κ1) is 13.6. The van der Waals surface area contributed by atoms with E-state index in [9.17, 15) is 13.2 Å². The van der Waals surface area contributed by atoms with Gasteiger partial charge in [-0.05, 0) is 26.0 Å². The van der Waals surface area contributed by atoms with Gasteiger partial charge in [-0.3, -0.25) is 4.40 Å². The first-order valence-electron chi connectivity index (χ1n) is 6.22. The van der Waals surface area contributed by atoms with Crippen molar-refractivity contribution in [3.05, 3.63) is 28.7 Å². The van der Waals surface area contributed by atoms with E-state index >= 15 is 0 Å². The van der Waals surface area contributed by atoms with Gasteiger partial charge in [-0.1, -0.05) is 11.6 Å². The van der Waals surface area contributed by atoms with Gasteiger partial charge in [0, 0.05) is 18.2 Å². The summed E-state index contributed by atoms with van der Waals surface area (Å²) in [4.78, 5) is 0. The SMILES string of the molecule is CC1NCCC1c1nnc2c(Cl)cc(C(F)(F)F)cn12. The van der Waals surface area contributed by atoms with E-state index in [1.807, 2.05) is 6.92 Å². The number of halogens is 4. The van der Waals surface area contributed by atoms with E-state index in [0.717, 1.165) is 25.2 Å². The molecule has 1 aliphatic heterocycles. The van der Waals surface area contributed by atoms with Crippen molar-refractivity contribution in [2.45, 2.75) is 31.5 Å². The van der Waals surface area contributed by atoms with E-state index in [1.165, 1.54) is 4.40 Å². The van der Waals surface area contributed by atoms with Crippen LogP contribution in [0.1, 0.15) is 30.7 Å². The van der Waals surface area contributed by atoms with E-state index in [4.69, 9.17) is 11.6 Å². The van der Waals surface area contributed by atoms with E-state index in [1.54, 1.807) is 0 Å². The fourth-order valence-corrected chi connectivity index (χ4v) is 2.84. The predicted molar refractivity (Wildman–Crippen MR) is 67.8 cm³/mol. The van der Waals surface area contributed by atoms with Gasteiger partial charge < -0.3 is 5.32 Å². The summed E-state index contributed by atoms with van der Waals surface area (Å²) in [5.74, 6) is 0.551. The van der Waals surface area contributed by atoms with E-state index < -0.39 is 11.7 Å². The Morgan fingerprint density at radius 3 is 2.75 bits per heavy atom. The van der Waals surface area contributed by atoms with Gasteiger partial charge in [0.2, 0.25) is 0 Å². The molecule has 0 aromatic carbocycles. The van der Waals surface area contributed by atoms with Crippen LogP contribution in [-0.2, 0) is 6.18 Å². The fraction of sp³-hybridized carbons (Fsp3) is 0.500. The Labute approximate surface area is 117 Å². The highest BCUT2D eigenvalue weighted by molar-refractivity contribution is 6.33. The molecule has 3 rings (SSSR count). The summed E-state index contributed by atoms with van der Waals surface area (Å²) in [5, 5.41) is 11.1. The lowest BCUT2D eigenvalue weighted by Gasteiger charge is -2.14. The third-order valence-electron chi connectivity index (χ3n) is 3.67. The number of nitrogens with one attached hydrogen (secondary N) is 1. The molecule has 2 unspecified atom stereocenters. The van der Waals surface area contributed by atoms with Crippen LogP contribution >= 0.6 is 11.6 Å². The van der Waals surface area contributed by atoms with Gasteiger partial charge in [-0.25, -0.2) is 0 Å². The van der Waals surface area contributed by atoms with E-state index in [0.29, 0.717) is 5.82 Å². The van der Waals surface area contributed by atoms with Crippen LogP contribution in [0, 0.1) is 0 Å². The number of hydrogen-bond donors (Lipinski definition) is 1. The average Bonchev–Trinajstić information content (AvgIpc) is 2.93. The maximum Gasteiger partial charge on any atom is 0.417 e. The zero-order valence-electron chi connectivity index (χ0n) is 10.6. The monoisotopic (exact) mass is 304 g/mol. The Hall–Kier alpha value is -1.34. The summed E-state index contributed by atoms with van der Waals surface area (Å²) < 4.78 is 39.9. The molecule has 3 heterocycles. The summed E-state index contributed by atoms with van der Waals surface area (Å²) in [5.41, 5.74) is -0.538. The van der Waals surface area contributed by atoms with Crippen LogP contribution in [0.2, 0.25) is 5.02 Å². The second-order valence-electron chi connectivity index (χ2n) is 4.96. The smallest absolute Gasteiger partial charge is 0.314 e. The summed E-state index contributed by atoms with van der Waals surface area (Å²) in [6, 6.07) is 1.03. The molecular weight excluding hydrogens is 293 g/mol. The molecular formula is C12H12ClF3N4. The highest BCUT2D eigenvalue weighted by atomic mass is 35.5. The number of pyridine rings is 1. The molecule has 2 aromatic heterocycles. The Bertz CT molecular complexity index is 652. The lowest BCUT2D eigenvalue weighted by molar-refractivity contribution is -0.137. The molecule has 0 aliphatic carbocycles. The zero-order valence-corrected chi connectivity index (χ0v) is 11.3. The van der Waals surface area contributed by atoms with E-state index in [2.05, 4.69) is 15.5 Å². The largest absolute Gasteiger partial charge is 0.417 e. The quantitative estimate of drug-likeness (QED) is 0.881. The minimum atomic E-state index is -4.45. The Morgan fingerprint density at radius 1 is 1.40 bits per heavy atom. The highest BCUT2D eigenvalue weighted by Crippen LogP contribution is 2.34. The van der Waals surface area contributed by atoms with Crippen LogP contribution in [0.15, 0.2) is 12.3 Å². The van der Waals surface area contributed by atoms with Crippen molar-refractivity contribution in [2.24, 2.45) is 0 Å². The molecule has 108 valence electrons. The molecule has 0 spiro atoms. The minimum absolute atomic E-state index is 0.0320. The van der Waals surface area contributed by atoms with Crippen molar-refractivity contribution >= 4 is 17.2 Å². The van der Waals surface area contributed by atoms with Gasteiger partial charge in [0.25, 0.3) is 0 Å². The summed E-state index contributed by atoms with van der Waals surface area (Å²) >= 11 is 5.89. The van der Waals surface area contributed by atoms with Crippen LogP contribution in [0.5, 0.6) is 0 Å². The Balaban J connectivity index is 2.17. The van der Waals surface area contributed by atoms with Crippen molar-refractivity contribution in [3.63, 3.8) is 0 Å². The summed E-state index contributed by atoms with van der Waals surface area (Å²) in [7, 11) is 0.